The van der Waals surface area contributed by atoms with E-state index in [0.717, 1.165) is 11.8 Å². The van der Waals surface area contributed by atoms with Gasteiger partial charge in [0.1, 0.15) is 0 Å². The first-order chi connectivity index (χ1) is 7.73. The van der Waals surface area contributed by atoms with Crippen LogP contribution in [0.25, 0.3) is 0 Å². The molecule has 0 aromatic heterocycles. The van der Waals surface area contributed by atoms with Crippen molar-refractivity contribution in [2.75, 3.05) is 0 Å². The molecule has 1 heteroatoms. The van der Waals surface area contributed by atoms with Crippen molar-refractivity contribution in [3.05, 3.63) is 0 Å². The molecule has 17 heavy (non-hydrogen) atoms. The predicted octanol–water partition coefficient (Wildman–Crippen LogP) is 5.88. The number of alkyl halides is 1. The van der Waals surface area contributed by atoms with Gasteiger partial charge >= 0.3 is 0 Å². The number of hydrogen-bond donors (Lipinski definition) is 0. The highest BCUT2D eigenvalue weighted by atomic mass is 35.5. The maximum absolute atomic E-state index is 6.56. The zero-order chi connectivity index (χ0) is 13.3. The largest absolute Gasteiger partial charge is 0.122 e. The van der Waals surface area contributed by atoms with Gasteiger partial charge in [0.15, 0.2) is 0 Å². The average Bonchev–Trinajstić information content (AvgIpc) is 2.36. The highest BCUT2D eigenvalue weighted by Gasteiger charge is 2.53. The van der Waals surface area contributed by atoms with Crippen molar-refractivity contribution in [1.82, 2.24) is 0 Å². The van der Waals surface area contributed by atoms with E-state index in [9.17, 15) is 0 Å². The van der Waals surface area contributed by atoms with Gasteiger partial charge in [-0.2, -0.15) is 0 Å². The molecule has 1 aliphatic carbocycles. The minimum atomic E-state index is 0.271. The number of halogens is 1. The highest BCUT2D eigenvalue weighted by molar-refractivity contribution is 6.21. The first-order valence-electron chi connectivity index (χ1n) is 7.37. The molecule has 3 atom stereocenters. The maximum Gasteiger partial charge on any atom is 0.0395 e. The summed E-state index contributed by atoms with van der Waals surface area (Å²) in [5, 5.41) is 0.351. The number of rotatable bonds is 5. The van der Waals surface area contributed by atoms with Crippen LogP contribution in [0.3, 0.4) is 0 Å². The van der Waals surface area contributed by atoms with Crippen LogP contribution in [0.15, 0.2) is 0 Å². The molecule has 0 bridgehead atoms. The lowest BCUT2D eigenvalue weighted by Gasteiger charge is -2.40. The van der Waals surface area contributed by atoms with Crippen molar-refractivity contribution in [2.45, 2.75) is 79.0 Å². The van der Waals surface area contributed by atoms with E-state index in [1.165, 1.54) is 32.1 Å². The lowest BCUT2D eigenvalue weighted by molar-refractivity contribution is 0.100. The van der Waals surface area contributed by atoms with Crippen LogP contribution >= 0.6 is 11.6 Å². The van der Waals surface area contributed by atoms with Crippen molar-refractivity contribution in [3.63, 3.8) is 0 Å². The molecule has 0 amide bonds. The zero-order valence-electron chi connectivity index (χ0n) is 12.6. The molecule has 0 spiro atoms. The standard InChI is InChI=1S/C16H31Cl/c1-7-8-12(2)9-10-13-11-14(17)16(5,6)15(13,3)4/h12-14H,7-11H2,1-6H3. The topological polar surface area (TPSA) is 0 Å². The van der Waals surface area contributed by atoms with Crippen LogP contribution < -0.4 is 0 Å². The summed E-state index contributed by atoms with van der Waals surface area (Å²) in [6, 6.07) is 0. The SMILES string of the molecule is CCCC(C)CCC1CC(Cl)C(C)(C)C1(C)C. The molecular weight excluding hydrogens is 228 g/mol. The van der Waals surface area contributed by atoms with Crippen LogP contribution in [0.5, 0.6) is 0 Å². The van der Waals surface area contributed by atoms with E-state index in [2.05, 4.69) is 41.5 Å². The van der Waals surface area contributed by atoms with Gasteiger partial charge in [-0.3, -0.25) is 0 Å². The van der Waals surface area contributed by atoms with E-state index in [1.807, 2.05) is 0 Å². The number of hydrogen-bond acceptors (Lipinski definition) is 0. The Balaban J connectivity index is 2.56. The Kier molecular flexibility index (Phi) is 4.97. The summed E-state index contributed by atoms with van der Waals surface area (Å²) in [4.78, 5) is 0. The average molecular weight is 259 g/mol. The van der Waals surface area contributed by atoms with Crippen LogP contribution in [0.1, 0.15) is 73.6 Å². The maximum atomic E-state index is 6.56. The highest BCUT2D eigenvalue weighted by Crippen LogP contribution is 2.59. The second kappa shape index (κ2) is 5.51. The first kappa shape index (κ1) is 15.3. The second-order valence-corrected chi connectivity index (χ2v) is 7.84. The molecule has 0 saturated heterocycles. The molecule has 0 aromatic carbocycles. The molecule has 0 aromatic rings. The summed E-state index contributed by atoms with van der Waals surface area (Å²) >= 11 is 6.56. The third-order valence-corrected chi connectivity index (χ3v) is 6.47. The molecule has 1 aliphatic rings. The van der Waals surface area contributed by atoms with Gasteiger partial charge in [-0.05, 0) is 35.5 Å². The summed E-state index contributed by atoms with van der Waals surface area (Å²) in [6.45, 7) is 14.2. The van der Waals surface area contributed by atoms with Crippen LogP contribution in [-0.4, -0.2) is 5.38 Å². The molecule has 0 nitrogen and oxygen atoms in total. The van der Waals surface area contributed by atoms with Crippen molar-refractivity contribution in [2.24, 2.45) is 22.7 Å². The smallest absolute Gasteiger partial charge is 0.0395 e. The van der Waals surface area contributed by atoms with Crippen molar-refractivity contribution >= 4 is 11.6 Å². The Morgan fingerprint density at radius 2 is 1.71 bits per heavy atom. The van der Waals surface area contributed by atoms with Gasteiger partial charge in [0.05, 0.1) is 0 Å². The quantitative estimate of drug-likeness (QED) is 0.540. The molecule has 1 rings (SSSR count). The summed E-state index contributed by atoms with van der Waals surface area (Å²) in [7, 11) is 0. The van der Waals surface area contributed by atoms with Gasteiger partial charge in [-0.15, -0.1) is 11.6 Å². The Morgan fingerprint density at radius 1 is 1.12 bits per heavy atom. The monoisotopic (exact) mass is 258 g/mol. The van der Waals surface area contributed by atoms with E-state index in [1.54, 1.807) is 0 Å². The molecule has 0 N–H and O–H groups in total. The third-order valence-electron chi connectivity index (χ3n) is 5.75. The molecule has 3 unspecified atom stereocenters. The van der Waals surface area contributed by atoms with Gasteiger partial charge in [0, 0.05) is 5.38 Å². The second-order valence-electron chi connectivity index (χ2n) is 7.31. The molecule has 0 radical (unpaired) electrons. The Morgan fingerprint density at radius 3 is 2.12 bits per heavy atom. The fourth-order valence-electron chi connectivity index (χ4n) is 3.37. The fourth-order valence-corrected chi connectivity index (χ4v) is 3.87. The Hall–Kier alpha value is 0.290. The van der Waals surface area contributed by atoms with Gasteiger partial charge < -0.3 is 0 Å². The van der Waals surface area contributed by atoms with E-state index < -0.39 is 0 Å². The summed E-state index contributed by atoms with van der Waals surface area (Å²) in [5.41, 5.74) is 0.651. The minimum Gasteiger partial charge on any atom is -0.122 e. The van der Waals surface area contributed by atoms with Crippen molar-refractivity contribution in [3.8, 4) is 0 Å². The molecule has 1 saturated carbocycles. The molecule has 0 aliphatic heterocycles. The van der Waals surface area contributed by atoms with Crippen LogP contribution in [0.4, 0.5) is 0 Å². The van der Waals surface area contributed by atoms with Gasteiger partial charge in [-0.25, -0.2) is 0 Å². The van der Waals surface area contributed by atoms with E-state index in [4.69, 9.17) is 11.6 Å². The van der Waals surface area contributed by atoms with Gasteiger partial charge in [-0.1, -0.05) is 60.8 Å². The minimum absolute atomic E-state index is 0.271. The van der Waals surface area contributed by atoms with E-state index >= 15 is 0 Å². The Labute approximate surface area is 114 Å². The fraction of sp³-hybridized carbons (Fsp3) is 1.00. The molecule has 1 fully saturated rings. The van der Waals surface area contributed by atoms with Crippen molar-refractivity contribution in [1.29, 1.82) is 0 Å². The third kappa shape index (κ3) is 3.00. The normalized spacial score (nSPS) is 32.6. The lowest BCUT2D eigenvalue weighted by Crippen LogP contribution is -2.35. The molecular formula is C16H31Cl. The zero-order valence-corrected chi connectivity index (χ0v) is 13.4. The van der Waals surface area contributed by atoms with E-state index in [0.29, 0.717) is 10.8 Å². The summed E-state index contributed by atoms with van der Waals surface area (Å²) in [5.74, 6) is 1.69. The van der Waals surface area contributed by atoms with Crippen molar-refractivity contribution < 1.29 is 0 Å². The first-order valence-corrected chi connectivity index (χ1v) is 7.81. The predicted molar refractivity (Wildman–Crippen MR) is 78.6 cm³/mol. The lowest BCUT2D eigenvalue weighted by atomic mass is 9.65. The van der Waals surface area contributed by atoms with Crippen LogP contribution in [-0.2, 0) is 0 Å². The molecule has 102 valence electrons. The van der Waals surface area contributed by atoms with E-state index in [-0.39, 0.29) is 5.41 Å². The summed E-state index contributed by atoms with van der Waals surface area (Å²) in [6.07, 6.45) is 6.64. The van der Waals surface area contributed by atoms with Crippen LogP contribution in [0.2, 0.25) is 0 Å². The van der Waals surface area contributed by atoms with Crippen LogP contribution in [0, 0.1) is 22.7 Å². The van der Waals surface area contributed by atoms with Gasteiger partial charge in [0.2, 0.25) is 0 Å². The van der Waals surface area contributed by atoms with Gasteiger partial charge in [0.25, 0.3) is 0 Å². The Bertz CT molecular complexity index is 242. The summed E-state index contributed by atoms with van der Waals surface area (Å²) < 4.78 is 0. The molecule has 0 heterocycles.